The van der Waals surface area contributed by atoms with Crippen molar-refractivity contribution < 1.29 is 39.9 Å². The highest BCUT2D eigenvalue weighted by molar-refractivity contribution is 5.72. The van der Waals surface area contributed by atoms with Gasteiger partial charge in [0.1, 0.15) is 11.5 Å². The highest BCUT2D eigenvalue weighted by Crippen LogP contribution is 2.18. The van der Waals surface area contributed by atoms with Crippen LogP contribution >= 0.6 is 0 Å². The number of hydrogen-bond acceptors (Lipinski definition) is 9. The number of carbonyl (C=O) groups excluding carboxylic acids is 2. The Morgan fingerprint density at radius 2 is 1.25 bits per heavy atom. The maximum absolute atomic E-state index is 11.1. The van der Waals surface area contributed by atoms with Crippen LogP contribution in [-0.2, 0) is 9.59 Å². The number of non-ortho nitro benzene ring substituents is 2. The van der Waals surface area contributed by atoms with E-state index in [2.05, 4.69) is 0 Å². The Morgan fingerprint density at radius 3 is 1.56 bits per heavy atom. The second kappa shape index (κ2) is 16.7. The third kappa shape index (κ3) is 14.0. The molecule has 0 saturated heterocycles. The first-order valence-electron chi connectivity index (χ1n) is 9.19. The lowest BCUT2D eigenvalue weighted by Gasteiger charge is -2.02. The zero-order valence-corrected chi connectivity index (χ0v) is 17.6. The van der Waals surface area contributed by atoms with Crippen LogP contribution in [0.4, 0.5) is 11.4 Å². The Balaban J connectivity index is 0. The summed E-state index contributed by atoms with van der Waals surface area (Å²) in [6, 6.07) is 10.5. The number of carbonyl (C=O) groups is 2. The van der Waals surface area contributed by atoms with Gasteiger partial charge in [-0.1, -0.05) is 20.3 Å². The van der Waals surface area contributed by atoms with E-state index >= 15 is 0 Å². The number of ether oxygens (including phenoxy) is 1. The number of aromatic hydroxyl groups is 1. The molecule has 12 heteroatoms. The summed E-state index contributed by atoms with van der Waals surface area (Å²) in [6.45, 7) is 3.67. The largest absolute Gasteiger partial charge is 0.550 e. The summed E-state index contributed by atoms with van der Waals surface area (Å²) < 4.78 is 4.93. The number of nitro groups is 2. The normalized spacial score (nSPS) is 8.94. The van der Waals surface area contributed by atoms with Crippen molar-refractivity contribution in [1.82, 2.24) is 0 Å². The Morgan fingerprint density at radius 1 is 0.844 bits per heavy atom. The molecule has 2 rings (SSSR count). The molecule has 32 heavy (non-hydrogen) atoms. The number of rotatable bonds is 7. The number of nitrogens with zero attached hydrogens (tertiary/aromatic N) is 2. The van der Waals surface area contributed by atoms with E-state index in [1.165, 1.54) is 48.5 Å². The number of hydrogen-bond donors (Lipinski definition) is 1. The number of esters is 1. The first kappa shape index (κ1) is 30.1. The van der Waals surface area contributed by atoms with Crippen LogP contribution in [0.3, 0.4) is 0 Å². The van der Waals surface area contributed by atoms with Crippen molar-refractivity contribution in [3.63, 3.8) is 0 Å². The van der Waals surface area contributed by atoms with Crippen molar-refractivity contribution >= 4 is 23.3 Å². The Bertz CT molecular complexity index is 852. The summed E-state index contributed by atoms with van der Waals surface area (Å²) in [5.74, 6) is -0.923. The van der Waals surface area contributed by atoms with Gasteiger partial charge in [0.15, 0.2) is 0 Å². The first-order chi connectivity index (χ1) is 14.6. The zero-order chi connectivity index (χ0) is 23.8. The molecular formula is C20H25N2O10-. The molecule has 0 aromatic heterocycles. The van der Waals surface area contributed by atoms with Crippen LogP contribution in [0.2, 0.25) is 0 Å². The Kier molecular flexibility index (Phi) is 15.7. The minimum absolute atomic E-state index is 0. The smallest absolute Gasteiger partial charge is 0.311 e. The van der Waals surface area contributed by atoms with Crippen molar-refractivity contribution in [2.45, 2.75) is 39.5 Å². The molecule has 0 spiro atoms. The fraction of sp³-hybridized carbons (Fsp3) is 0.300. The number of nitro benzene ring substituents is 2. The van der Waals surface area contributed by atoms with E-state index in [4.69, 9.17) is 9.84 Å². The molecular weight excluding hydrogens is 428 g/mol. The summed E-state index contributed by atoms with van der Waals surface area (Å²) >= 11 is 0. The fourth-order valence-corrected chi connectivity index (χ4v) is 1.80. The molecule has 0 aliphatic carbocycles. The van der Waals surface area contributed by atoms with Gasteiger partial charge in [-0.25, -0.2) is 0 Å². The van der Waals surface area contributed by atoms with E-state index < -0.39 is 15.8 Å². The van der Waals surface area contributed by atoms with E-state index in [1.54, 1.807) is 6.92 Å². The number of carboxylic acid groups (broad SMARTS) is 1. The predicted molar refractivity (Wildman–Crippen MR) is 112 cm³/mol. The number of aliphatic carboxylic acids is 1. The standard InChI is InChI=1S/C10H11NO4.C6H5NO3.C4H8O2.H2O/c1-2-3-10(12)15-9-6-4-8(5-7-9)11(13)14;8-6-3-1-5(2-4-6)7(9)10;1-2-3-4(5)6;/h4-7H,2-3H2,1H3;1-4,8H;2-3H2,1H3,(H,5,6);1H2/p-1. The number of phenolic OH excluding ortho intramolecular Hbond substituents is 1. The third-order valence-electron chi connectivity index (χ3n) is 3.25. The van der Waals surface area contributed by atoms with Crippen molar-refractivity contribution in [2.75, 3.05) is 0 Å². The van der Waals surface area contributed by atoms with Gasteiger partial charge in [0, 0.05) is 36.7 Å². The third-order valence-corrected chi connectivity index (χ3v) is 3.25. The van der Waals surface area contributed by atoms with Crippen LogP contribution in [0, 0.1) is 20.2 Å². The quantitative estimate of drug-likeness (QED) is 0.282. The molecule has 2 aromatic carbocycles. The van der Waals surface area contributed by atoms with E-state index in [1.807, 2.05) is 6.92 Å². The molecule has 0 fully saturated rings. The monoisotopic (exact) mass is 453 g/mol. The second-order valence-electron chi connectivity index (χ2n) is 5.87. The van der Waals surface area contributed by atoms with E-state index in [-0.39, 0.29) is 35.0 Å². The maximum atomic E-state index is 11.1. The molecule has 0 radical (unpaired) electrons. The predicted octanol–water partition coefficient (Wildman–Crippen LogP) is 2.31. The average Bonchev–Trinajstić information content (AvgIpc) is 2.70. The molecule has 12 nitrogen and oxygen atoms in total. The minimum atomic E-state index is -0.961. The molecule has 0 aliphatic heterocycles. The number of carboxylic acids is 1. The van der Waals surface area contributed by atoms with Gasteiger partial charge < -0.3 is 25.2 Å². The molecule has 2 aromatic rings. The summed E-state index contributed by atoms with van der Waals surface area (Å²) in [7, 11) is 0. The zero-order valence-electron chi connectivity index (χ0n) is 17.6. The molecule has 0 saturated carbocycles. The van der Waals surface area contributed by atoms with Crippen LogP contribution < -0.4 is 9.84 Å². The van der Waals surface area contributed by atoms with Crippen molar-refractivity contribution in [2.24, 2.45) is 0 Å². The van der Waals surface area contributed by atoms with Crippen molar-refractivity contribution in [1.29, 1.82) is 0 Å². The van der Waals surface area contributed by atoms with Crippen LogP contribution in [0.25, 0.3) is 0 Å². The van der Waals surface area contributed by atoms with Crippen LogP contribution in [0.5, 0.6) is 11.5 Å². The fourth-order valence-electron chi connectivity index (χ4n) is 1.80. The van der Waals surface area contributed by atoms with Gasteiger partial charge >= 0.3 is 5.97 Å². The molecule has 0 bridgehead atoms. The summed E-state index contributed by atoms with van der Waals surface area (Å²) in [6.07, 6.45) is 1.91. The Hall–Kier alpha value is -4.06. The summed E-state index contributed by atoms with van der Waals surface area (Å²) in [5, 5.41) is 38.6. The molecule has 0 heterocycles. The first-order valence-corrected chi connectivity index (χ1v) is 9.19. The van der Waals surface area contributed by atoms with Crippen LogP contribution in [-0.4, -0.2) is 32.4 Å². The molecule has 0 aliphatic rings. The van der Waals surface area contributed by atoms with E-state index in [0.29, 0.717) is 25.0 Å². The van der Waals surface area contributed by atoms with Crippen LogP contribution in [0.15, 0.2) is 48.5 Å². The minimum Gasteiger partial charge on any atom is -0.550 e. The van der Waals surface area contributed by atoms with Gasteiger partial charge in [-0.2, -0.15) is 0 Å². The number of benzene rings is 2. The lowest BCUT2D eigenvalue weighted by molar-refractivity contribution is -0.385. The van der Waals surface area contributed by atoms with Gasteiger partial charge in [-0.3, -0.25) is 25.0 Å². The lowest BCUT2D eigenvalue weighted by atomic mass is 10.3. The number of phenols is 1. The van der Waals surface area contributed by atoms with E-state index in [0.717, 1.165) is 0 Å². The molecule has 0 unspecified atom stereocenters. The van der Waals surface area contributed by atoms with Gasteiger partial charge in [-0.05, 0) is 37.1 Å². The van der Waals surface area contributed by atoms with Crippen molar-refractivity contribution in [3.05, 3.63) is 68.8 Å². The SMILES string of the molecule is CCCC(=O)Oc1ccc([N+](=O)[O-])cc1.CCCC(=O)[O-].O.O=[N+]([O-])c1ccc(O)cc1. The molecule has 3 N–H and O–H groups in total. The highest BCUT2D eigenvalue weighted by atomic mass is 16.6. The van der Waals surface area contributed by atoms with Gasteiger partial charge in [-0.15, -0.1) is 0 Å². The molecule has 0 amide bonds. The average molecular weight is 453 g/mol. The van der Waals surface area contributed by atoms with Crippen molar-refractivity contribution in [3.8, 4) is 11.5 Å². The topological polar surface area (TPSA) is 204 Å². The van der Waals surface area contributed by atoms with Gasteiger partial charge in [0.05, 0.1) is 9.85 Å². The molecule has 176 valence electrons. The summed E-state index contributed by atoms with van der Waals surface area (Å²) in [4.78, 5) is 39.9. The highest BCUT2D eigenvalue weighted by Gasteiger charge is 2.07. The molecule has 0 atom stereocenters. The van der Waals surface area contributed by atoms with E-state index in [9.17, 15) is 34.9 Å². The lowest BCUT2D eigenvalue weighted by Crippen LogP contribution is -2.20. The van der Waals surface area contributed by atoms with Gasteiger partial charge in [0.25, 0.3) is 11.4 Å². The maximum Gasteiger partial charge on any atom is 0.311 e. The van der Waals surface area contributed by atoms with Gasteiger partial charge in [0.2, 0.25) is 0 Å². The Labute approximate surface area is 183 Å². The summed E-state index contributed by atoms with van der Waals surface area (Å²) in [5.41, 5.74) is -0.0388. The van der Waals surface area contributed by atoms with Crippen LogP contribution in [0.1, 0.15) is 39.5 Å². The second-order valence-corrected chi connectivity index (χ2v) is 5.87.